The van der Waals surface area contributed by atoms with Crippen molar-refractivity contribution in [2.24, 2.45) is 0 Å². The molecule has 0 bridgehead atoms. The number of benzene rings is 1. The van der Waals surface area contributed by atoms with E-state index in [9.17, 15) is 0 Å². The van der Waals surface area contributed by atoms with Gasteiger partial charge in [0.25, 0.3) is 0 Å². The minimum absolute atomic E-state index is 0.472. The van der Waals surface area contributed by atoms with Crippen LogP contribution in [0.25, 0.3) is 10.9 Å². The molecule has 124 valence electrons. The highest BCUT2D eigenvalue weighted by atomic mass is 16.5. The Morgan fingerprint density at radius 3 is 2.35 bits per heavy atom. The van der Waals surface area contributed by atoms with Crippen LogP contribution in [0.2, 0.25) is 0 Å². The molecule has 1 aliphatic carbocycles. The van der Waals surface area contributed by atoms with E-state index in [-0.39, 0.29) is 0 Å². The van der Waals surface area contributed by atoms with Gasteiger partial charge in [0.05, 0.1) is 19.7 Å². The first-order valence-corrected chi connectivity index (χ1v) is 8.13. The van der Waals surface area contributed by atoms with Crippen molar-refractivity contribution in [3.05, 3.63) is 12.1 Å². The predicted octanol–water partition coefficient (Wildman–Crippen LogP) is 3.43. The van der Waals surface area contributed by atoms with Crippen LogP contribution in [0.1, 0.15) is 32.1 Å². The molecule has 1 fully saturated rings. The van der Waals surface area contributed by atoms with E-state index in [0.29, 0.717) is 23.5 Å². The molecule has 1 aliphatic rings. The minimum Gasteiger partial charge on any atom is -0.493 e. The number of hydrogen-bond acceptors (Lipinski definition) is 6. The summed E-state index contributed by atoms with van der Waals surface area (Å²) in [7, 11) is 5.10. The van der Waals surface area contributed by atoms with Gasteiger partial charge >= 0.3 is 0 Å². The molecule has 6 nitrogen and oxygen atoms in total. The molecule has 6 heteroatoms. The molecule has 2 N–H and O–H groups in total. The zero-order chi connectivity index (χ0) is 16.2. The third-order valence-electron chi connectivity index (χ3n) is 4.37. The lowest BCUT2D eigenvalue weighted by atomic mass is 9.95. The normalized spacial score (nSPS) is 15.4. The number of fused-ring (bicyclic) bond motifs is 1. The van der Waals surface area contributed by atoms with Crippen molar-refractivity contribution in [3.63, 3.8) is 0 Å². The molecule has 1 aromatic heterocycles. The third-order valence-corrected chi connectivity index (χ3v) is 4.37. The van der Waals surface area contributed by atoms with Crippen LogP contribution in [0.4, 0.5) is 11.8 Å². The molecule has 1 aromatic carbocycles. The van der Waals surface area contributed by atoms with Crippen LogP contribution < -0.4 is 20.1 Å². The second-order valence-corrected chi connectivity index (χ2v) is 5.85. The Hall–Kier alpha value is -2.24. The first-order valence-electron chi connectivity index (χ1n) is 8.13. The number of aromatic nitrogens is 2. The van der Waals surface area contributed by atoms with Gasteiger partial charge < -0.3 is 20.1 Å². The Morgan fingerprint density at radius 2 is 1.70 bits per heavy atom. The first-order chi connectivity index (χ1) is 11.2. The van der Waals surface area contributed by atoms with Gasteiger partial charge in [0.15, 0.2) is 11.5 Å². The fourth-order valence-electron chi connectivity index (χ4n) is 3.12. The van der Waals surface area contributed by atoms with E-state index in [1.165, 1.54) is 32.1 Å². The third kappa shape index (κ3) is 3.25. The average Bonchev–Trinajstić information content (AvgIpc) is 2.61. The van der Waals surface area contributed by atoms with E-state index in [0.717, 1.165) is 16.7 Å². The Kier molecular flexibility index (Phi) is 4.69. The lowest BCUT2D eigenvalue weighted by Gasteiger charge is -2.24. The second kappa shape index (κ2) is 6.89. The van der Waals surface area contributed by atoms with Crippen LogP contribution in [0, 0.1) is 0 Å². The van der Waals surface area contributed by atoms with Crippen molar-refractivity contribution in [3.8, 4) is 11.5 Å². The molecule has 0 radical (unpaired) electrons. The highest BCUT2D eigenvalue weighted by Crippen LogP contribution is 2.35. The molecule has 0 aliphatic heterocycles. The van der Waals surface area contributed by atoms with Crippen LogP contribution in [0.3, 0.4) is 0 Å². The number of nitrogens with zero attached hydrogens (tertiary/aromatic N) is 2. The summed E-state index contributed by atoms with van der Waals surface area (Å²) in [5.41, 5.74) is 0.834. The van der Waals surface area contributed by atoms with E-state index in [1.807, 2.05) is 19.2 Å². The standard InChI is InChI=1S/C17H24N4O2/c1-18-17-20-13-10-15(23-3)14(22-2)9-12(13)16(21-17)19-11-7-5-4-6-8-11/h9-11H,4-8H2,1-3H3,(H2,18,19,20,21). The Morgan fingerprint density at radius 1 is 1.00 bits per heavy atom. The molecule has 3 rings (SSSR count). The summed E-state index contributed by atoms with van der Waals surface area (Å²) in [6, 6.07) is 4.31. The quantitative estimate of drug-likeness (QED) is 0.881. The van der Waals surface area contributed by atoms with E-state index in [1.54, 1.807) is 14.2 Å². The van der Waals surface area contributed by atoms with Gasteiger partial charge in [-0.1, -0.05) is 19.3 Å². The largest absolute Gasteiger partial charge is 0.493 e. The molecule has 0 atom stereocenters. The maximum atomic E-state index is 5.42. The summed E-state index contributed by atoms with van der Waals surface area (Å²) in [6.45, 7) is 0. The van der Waals surface area contributed by atoms with E-state index >= 15 is 0 Å². The highest BCUT2D eigenvalue weighted by Gasteiger charge is 2.17. The van der Waals surface area contributed by atoms with Gasteiger partial charge in [-0.3, -0.25) is 0 Å². The van der Waals surface area contributed by atoms with Gasteiger partial charge in [-0.25, -0.2) is 4.98 Å². The molecular formula is C17H24N4O2. The minimum atomic E-state index is 0.472. The number of methoxy groups -OCH3 is 2. The Labute approximate surface area is 136 Å². The van der Waals surface area contributed by atoms with Crippen LogP contribution in [0.5, 0.6) is 11.5 Å². The van der Waals surface area contributed by atoms with Crippen molar-refractivity contribution in [1.29, 1.82) is 0 Å². The summed E-state index contributed by atoms with van der Waals surface area (Å²) in [4.78, 5) is 9.15. The van der Waals surface area contributed by atoms with Crippen LogP contribution >= 0.6 is 0 Å². The van der Waals surface area contributed by atoms with Crippen molar-refractivity contribution >= 4 is 22.7 Å². The molecule has 0 saturated heterocycles. The van der Waals surface area contributed by atoms with E-state index in [4.69, 9.17) is 9.47 Å². The number of rotatable bonds is 5. The molecule has 1 heterocycles. The smallest absolute Gasteiger partial charge is 0.224 e. The highest BCUT2D eigenvalue weighted by molar-refractivity contribution is 5.92. The van der Waals surface area contributed by atoms with Crippen molar-refractivity contribution in [2.75, 3.05) is 31.9 Å². The second-order valence-electron chi connectivity index (χ2n) is 5.85. The van der Waals surface area contributed by atoms with Crippen molar-refractivity contribution in [1.82, 2.24) is 9.97 Å². The molecular weight excluding hydrogens is 292 g/mol. The van der Waals surface area contributed by atoms with Crippen molar-refractivity contribution < 1.29 is 9.47 Å². The summed E-state index contributed by atoms with van der Waals surface area (Å²) in [5, 5.41) is 7.58. The van der Waals surface area contributed by atoms with E-state index in [2.05, 4.69) is 20.6 Å². The summed E-state index contributed by atoms with van der Waals surface area (Å²) < 4.78 is 10.8. The van der Waals surface area contributed by atoms with Crippen LogP contribution in [0.15, 0.2) is 12.1 Å². The summed E-state index contributed by atoms with van der Waals surface area (Å²) in [6.07, 6.45) is 6.25. The summed E-state index contributed by atoms with van der Waals surface area (Å²) in [5.74, 6) is 2.81. The number of nitrogens with one attached hydrogen (secondary N) is 2. The predicted molar refractivity (Wildman–Crippen MR) is 92.7 cm³/mol. The fourth-order valence-corrected chi connectivity index (χ4v) is 3.12. The molecule has 0 amide bonds. The molecule has 0 unspecified atom stereocenters. The maximum absolute atomic E-state index is 5.42. The van der Waals surface area contributed by atoms with Gasteiger partial charge in [0, 0.05) is 24.5 Å². The van der Waals surface area contributed by atoms with Gasteiger partial charge in [0.2, 0.25) is 5.95 Å². The topological polar surface area (TPSA) is 68.3 Å². The van der Waals surface area contributed by atoms with Gasteiger partial charge in [-0.2, -0.15) is 4.98 Å². The summed E-state index contributed by atoms with van der Waals surface area (Å²) >= 11 is 0. The zero-order valence-corrected chi connectivity index (χ0v) is 14.0. The zero-order valence-electron chi connectivity index (χ0n) is 14.0. The Balaban J connectivity index is 2.06. The lowest BCUT2D eigenvalue weighted by molar-refractivity contribution is 0.356. The molecule has 2 aromatic rings. The fraction of sp³-hybridized carbons (Fsp3) is 0.529. The molecule has 23 heavy (non-hydrogen) atoms. The average molecular weight is 316 g/mol. The van der Waals surface area contributed by atoms with Gasteiger partial charge in [-0.15, -0.1) is 0 Å². The SMILES string of the molecule is CNc1nc(NC2CCCCC2)c2cc(OC)c(OC)cc2n1. The maximum Gasteiger partial charge on any atom is 0.224 e. The monoisotopic (exact) mass is 316 g/mol. The van der Waals surface area contributed by atoms with Crippen molar-refractivity contribution in [2.45, 2.75) is 38.1 Å². The molecule has 0 spiro atoms. The van der Waals surface area contributed by atoms with Crippen LogP contribution in [-0.2, 0) is 0 Å². The number of anilines is 2. The number of hydrogen-bond donors (Lipinski definition) is 2. The number of ether oxygens (including phenoxy) is 2. The van der Waals surface area contributed by atoms with Gasteiger partial charge in [0.1, 0.15) is 5.82 Å². The Bertz CT molecular complexity index is 684. The molecule has 1 saturated carbocycles. The van der Waals surface area contributed by atoms with Crippen LogP contribution in [-0.4, -0.2) is 37.3 Å². The van der Waals surface area contributed by atoms with Gasteiger partial charge in [-0.05, 0) is 18.9 Å². The lowest BCUT2D eigenvalue weighted by Crippen LogP contribution is -2.23. The van der Waals surface area contributed by atoms with E-state index < -0.39 is 0 Å². The first kappa shape index (κ1) is 15.6.